The average molecular weight is 627 g/mol. The van der Waals surface area contributed by atoms with Gasteiger partial charge >= 0.3 is 0 Å². The van der Waals surface area contributed by atoms with Crippen molar-refractivity contribution < 1.29 is 13.3 Å². The molecule has 3 heteroatoms. The molecule has 11 aromatic rings. The van der Waals surface area contributed by atoms with Gasteiger partial charge in [-0.3, -0.25) is 0 Å². The number of rotatable bonds is 3. The lowest BCUT2D eigenvalue weighted by Crippen LogP contribution is -1.91. The molecule has 3 aromatic heterocycles. The van der Waals surface area contributed by atoms with Crippen molar-refractivity contribution in [1.29, 1.82) is 0 Å². The van der Waals surface area contributed by atoms with E-state index in [4.69, 9.17) is 13.3 Å². The summed E-state index contributed by atoms with van der Waals surface area (Å²) < 4.78 is 19.8. The molecule has 3 heterocycles. The second-order valence-electron chi connectivity index (χ2n) is 12.8. The fourth-order valence-electron chi connectivity index (χ4n) is 7.95. The van der Waals surface area contributed by atoms with Gasteiger partial charge in [-0.2, -0.15) is 0 Å². The molecule has 0 aliphatic heterocycles. The van der Waals surface area contributed by atoms with E-state index >= 15 is 0 Å². The molecule has 8 aromatic carbocycles. The minimum Gasteiger partial charge on any atom is -0.456 e. The van der Waals surface area contributed by atoms with E-state index in [1.807, 2.05) is 24.3 Å². The van der Waals surface area contributed by atoms with E-state index in [9.17, 15) is 0 Å². The first-order chi connectivity index (χ1) is 24.3. The Morgan fingerprint density at radius 2 is 0.714 bits per heavy atom. The van der Waals surface area contributed by atoms with Crippen LogP contribution >= 0.6 is 0 Å². The van der Waals surface area contributed by atoms with Crippen LogP contribution in [0.5, 0.6) is 0 Å². The minimum absolute atomic E-state index is 0.834. The normalized spacial score (nSPS) is 12.1. The summed E-state index contributed by atoms with van der Waals surface area (Å²) >= 11 is 0. The maximum Gasteiger partial charge on any atom is 0.144 e. The summed E-state index contributed by atoms with van der Waals surface area (Å²) in [6.07, 6.45) is 0. The lowest BCUT2D eigenvalue weighted by Gasteiger charge is -2.17. The fraction of sp³-hybridized carbons (Fsp3) is 0. The van der Waals surface area contributed by atoms with Gasteiger partial charge in [-0.25, -0.2) is 0 Å². The molecule has 0 radical (unpaired) electrons. The fourth-order valence-corrected chi connectivity index (χ4v) is 7.95. The highest BCUT2D eigenvalue weighted by molar-refractivity contribution is 6.24. The van der Waals surface area contributed by atoms with Gasteiger partial charge in [0.05, 0.1) is 0 Å². The molecule has 0 bridgehead atoms. The highest BCUT2D eigenvalue weighted by atomic mass is 16.3. The molecule has 0 saturated carbocycles. The summed E-state index contributed by atoms with van der Waals surface area (Å²) in [5, 5.41) is 9.99. The number of para-hydroxylation sites is 2. The van der Waals surface area contributed by atoms with Crippen LogP contribution in [-0.2, 0) is 0 Å². The summed E-state index contributed by atoms with van der Waals surface area (Å²) in [5.41, 5.74) is 9.88. The van der Waals surface area contributed by atoms with Crippen LogP contribution < -0.4 is 0 Å². The van der Waals surface area contributed by atoms with Crippen LogP contribution in [0.2, 0.25) is 0 Å². The number of hydrogen-bond donors (Lipinski definition) is 0. The Kier molecular flexibility index (Phi) is 5.38. The second-order valence-corrected chi connectivity index (χ2v) is 12.8. The summed E-state index contributed by atoms with van der Waals surface area (Å²) in [5.74, 6) is 0.852. The third-order valence-electron chi connectivity index (χ3n) is 10.1. The maximum atomic E-state index is 7.06. The lowest BCUT2D eigenvalue weighted by molar-refractivity contribution is 0.633. The van der Waals surface area contributed by atoms with E-state index in [1.165, 1.54) is 5.56 Å². The molecule has 0 aliphatic carbocycles. The number of benzene rings is 8. The molecule has 0 saturated heterocycles. The molecule has 0 N–H and O–H groups in total. The van der Waals surface area contributed by atoms with Gasteiger partial charge in [-0.15, -0.1) is 0 Å². The zero-order chi connectivity index (χ0) is 32.1. The molecule has 0 aliphatic rings. The van der Waals surface area contributed by atoms with Crippen molar-refractivity contribution in [3.63, 3.8) is 0 Å². The van der Waals surface area contributed by atoms with Gasteiger partial charge in [-0.1, -0.05) is 121 Å². The van der Waals surface area contributed by atoms with Crippen LogP contribution in [0.4, 0.5) is 0 Å². The molecule has 0 atom stereocenters. The first kappa shape index (κ1) is 26.5. The van der Waals surface area contributed by atoms with Crippen molar-refractivity contribution in [3.05, 3.63) is 158 Å². The minimum atomic E-state index is 0.834. The van der Waals surface area contributed by atoms with Gasteiger partial charge < -0.3 is 13.3 Å². The molecule has 49 heavy (non-hydrogen) atoms. The van der Waals surface area contributed by atoms with Crippen molar-refractivity contribution in [2.24, 2.45) is 0 Å². The summed E-state index contributed by atoms with van der Waals surface area (Å²) in [6, 6.07) is 55.3. The summed E-state index contributed by atoms with van der Waals surface area (Å²) in [4.78, 5) is 0. The third-order valence-corrected chi connectivity index (χ3v) is 10.1. The van der Waals surface area contributed by atoms with E-state index in [1.54, 1.807) is 0 Å². The Hall–Kier alpha value is -6.58. The van der Waals surface area contributed by atoms with Crippen molar-refractivity contribution in [2.75, 3.05) is 0 Å². The summed E-state index contributed by atoms with van der Waals surface area (Å²) in [6.45, 7) is 0. The smallest absolute Gasteiger partial charge is 0.144 e. The van der Waals surface area contributed by atoms with Crippen molar-refractivity contribution in [2.45, 2.75) is 0 Å². The zero-order valence-electron chi connectivity index (χ0n) is 26.2. The quantitative estimate of drug-likeness (QED) is 0.183. The summed E-state index contributed by atoms with van der Waals surface area (Å²) in [7, 11) is 0. The van der Waals surface area contributed by atoms with E-state index in [-0.39, 0.29) is 0 Å². The van der Waals surface area contributed by atoms with Crippen LogP contribution in [0.1, 0.15) is 0 Å². The number of fused-ring (bicyclic) bond motifs is 9. The molecule has 0 fully saturated rings. The van der Waals surface area contributed by atoms with E-state index in [0.717, 1.165) is 104 Å². The zero-order valence-corrected chi connectivity index (χ0v) is 26.2. The van der Waals surface area contributed by atoms with Gasteiger partial charge in [0, 0.05) is 38.1 Å². The molecule has 228 valence electrons. The average Bonchev–Trinajstić information content (AvgIpc) is 3.83. The van der Waals surface area contributed by atoms with Crippen molar-refractivity contribution >= 4 is 76.4 Å². The predicted octanol–water partition coefficient (Wildman–Crippen LogP) is 13.5. The third kappa shape index (κ3) is 3.78. The SMILES string of the molecule is c1ccc(-c2c(-c3c4ccccc4c(-c4ccc5c(c4)oc4ccccc45)c4ccccc34)oc3cc4c(cc23)oc2ccccc24)cc1. The Labute approximate surface area is 280 Å². The Morgan fingerprint density at radius 3 is 1.37 bits per heavy atom. The van der Waals surface area contributed by atoms with Crippen LogP contribution in [0.15, 0.2) is 171 Å². The first-order valence-corrected chi connectivity index (χ1v) is 16.6. The Balaban J connectivity index is 1.25. The molecular weight excluding hydrogens is 601 g/mol. The van der Waals surface area contributed by atoms with Crippen LogP contribution in [0.25, 0.3) is 110 Å². The van der Waals surface area contributed by atoms with Gasteiger partial charge in [0.15, 0.2) is 0 Å². The molecule has 0 spiro atoms. The topological polar surface area (TPSA) is 39.4 Å². The standard InChI is InChI=1S/C46H26O3/c1-2-12-27(13-3-1)44-37-26-41-36(30-15-9-11-21-39(30)48-41)25-42(37)49-46(44)45-34-18-6-4-16-32(34)43(33-17-5-7-19-35(33)45)28-22-23-31-29-14-8-10-20-38(29)47-40(31)24-28/h1-26H. The molecule has 0 unspecified atom stereocenters. The molecule has 3 nitrogen and oxygen atoms in total. The van der Waals surface area contributed by atoms with E-state index in [0.29, 0.717) is 0 Å². The number of hydrogen-bond acceptors (Lipinski definition) is 3. The van der Waals surface area contributed by atoms with Crippen LogP contribution in [-0.4, -0.2) is 0 Å². The van der Waals surface area contributed by atoms with Crippen LogP contribution in [0.3, 0.4) is 0 Å². The van der Waals surface area contributed by atoms with E-state index in [2.05, 4.69) is 133 Å². The molecule has 0 amide bonds. The highest BCUT2D eigenvalue weighted by Crippen LogP contribution is 2.50. The van der Waals surface area contributed by atoms with Crippen molar-refractivity contribution in [1.82, 2.24) is 0 Å². The van der Waals surface area contributed by atoms with E-state index < -0.39 is 0 Å². The van der Waals surface area contributed by atoms with Gasteiger partial charge in [0.2, 0.25) is 0 Å². The lowest BCUT2D eigenvalue weighted by atomic mass is 9.86. The highest BCUT2D eigenvalue weighted by Gasteiger charge is 2.25. The maximum absolute atomic E-state index is 7.06. The van der Waals surface area contributed by atoms with Gasteiger partial charge in [0.1, 0.15) is 33.7 Å². The largest absolute Gasteiger partial charge is 0.456 e. The first-order valence-electron chi connectivity index (χ1n) is 16.6. The molecule has 11 rings (SSSR count). The predicted molar refractivity (Wildman–Crippen MR) is 202 cm³/mol. The van der Waals surface area contributed by atoms with Crippen molar-refractivity contribution in [3.8, 4) is 33.6 Å². The Morgan fingerprint density at radius 1 is 0.245 bits per heavy atom. The monoisotopic (exact) mass is 626 g/mol. The van der Waals surface area contributed by atoms with Crippen LogP contribution in [0, 0.1) is 0 Å². The van der Waals surface area contributed by atoms with Gasteiger partial charge in [0.25, 0.3) is 0 Å². The number of furan rings is 3. The van der Waals surface area contributed by atoms with Gasteiger partial charge in [-0.05, 0) is 74.6 Å². The molecular formula is C46H26O3. The second kappa shape index (κ2) is 9.96. The Bertz CT molecular complexity index is 3040.